The minimum atomic E-state index is -1.13. The second-order valence-electron chi connectivity index (χ2n) is 10.7. The molecule has 2 unspecified atom stereocenters. The molecule has 2 heterocycles. The highest BCUT2D eigenvalue weighted by Gasteiger charge is 2.36. The maximum Gasteiger partial charge on any atom is 0.420 e. The number of pyridine rings is 1. The number of rotatable bonds is 4. The van der Waals surface area contributed by atoms with E-state index >= 15 is 0 Å². The van der Waals surface area contributed by atoms with Crippen molar-refractivity contribution in [1.29, 1.82) is 0 Å². The fraction of sp³-hybridized carbons (Fsp3) is 0.500. The molecule has 10 nitrogen and oxygen atoms in total. The first-order valence-corrected chi connectivity index (χ1v) is 11.8. The molecule has 1 aromatic heterocycles. The van der Waals surface area contributed by atoms with Gasteiger partial charge in [0.05, 0.1) is 36.7 Å². The van der Waals surface area contributed by atoms with Gasteiger partial charge in [0.15, 0.2) is 0 Å². The third-order valence-corrected chi connectivity index (χ3v) is 5.22. The lowest BCUT2D eigenvalue weighted by atomic mass is 10.0. The maximum atomic E-state index is 13.4. The Morgan fingerprint density at radius 3 is 2.25 bits per heavy atom. The number of carbonyl (C=O) groups excluding carboxylic acids is 2. The lowest BCUT2D eigenvalue weighted by Crippen LogP contribution is -2.37. The van der Waals surface area contributed by atoms with E-state index in [1.807, 2.05) is 0 Å². The van der Waals surface area contributed by atoms with E-state index in [-0.39, 0.29) is 13.0 Å². The molecule has 0 spiro atoms. The molecule has 10 heteroatoms. The van der Waals surface area contributed by atoms with Crippen molar-refractivity contribution >= 4 is 29.4 Å². The Hall–Kier alpha value is -3.21. The smallest absolute Gasteiger partial charge is 0.420 e. The Morgan fingerprint density at radius 2 is 1.64 bits per heavy atom. The molecular formula is C26H35N3O7. The van der Waals surface area contributed by atoms with E-state index in [4.69, 9.17) is 9.47 Å². The number of anilines is 3. The Morgan fingerprint density at radius 1 is 1.00 bits per heavy atom. The molecular weight excluding hydrogens is 466 g/mol. The molecule has 0 saturated carbocycles. The van der Waals surface area contributed by atoms with Gasteiger partial charge in [0.2, 0.25) is 0 Å². The quantitative estimate of drug-likeness (QED) is 0.568. The molecule has 0 bridgehead atoms. The van der Waals surface area contributed by atoms with E-state index in [0.717, 1.165) is 0 Å². The van der Waals surface area contributed by atoms with Crippen LogP contribution in [0, 0.1) is 0 Å². The maximum absolute atomic E-state index is 13.4. The van der Waals surface area contributed by atoms with Crippen LogP contribution >= 0.6 is 0 Å². The third-order valence-electron chi connectivity index (χ3n) is 5.22. The van der Waals surface area contributed by atoms with Crippen molar-refractivity contribution in [2.75, 3.05) is 16.4 Å². The van der Waals surface area contributed by atoms with Crippen LogP contribution in [0.5, 0.6) is 0 Å². The zero-order valence-corrected chi connectivity index (χ0v) is 21.6. The van der Waals surface area contributed by atoms with E-state index in [1.54, 1.807) is 78.1 Å². The van der Waals surface area contributed by atoms with Crippen molar-refractivity contribution in [2.24, 2.45) is 0 Å². The highest BCUT2D eigenvalue weighted by Crippen LogP contribution is 2.42. The van der Waals surface area contributed by atoms with Crippen molar-refractivity contribution in [3.8, 4) is 0 Å². The number of ether oxygens (including phenoxy) is 2. The Bertz CT molecular complexity index is 1110. The van der Waals surface area contributed by atoms with Gasteiger partial charge in [-0.25, -0.2) is 19.5 Å². The predicted octanol–water partition coefficient (Wildman–Crippen LogP) is 4.19. The van der Waals surface area contributed by atoms with Crippen LogP contribution in [0.4, 0.5) is 26.8 Å². The fourth-order valence-corrected chi connectivity index (χ4v) is 3.72. The number of amides is 2. The molecule has 0 aliphatic carbocycles. The lowest BCUT2D eigenvalue weighted by Gasteiger charge is -2.30. The van der Waals surface area contributed by atoms with E-state index in [2.05, 4.69) is 4.98 Å². The van der Waals surface area contributed by atoms with Crippen LogP contribution in [0.25, 0.3) is 0 Å². The molecule has 0 fully saturated rings. The second kappa shape index (κ2) is 10.4. The molecule has 2 amide bonds. The number of hydrogen-bond donors (Lipinski definition) is 3. The summed E-state index contributed by atoms with van der Waals surface area (Å²) < 4.78 is 11.3. The first-order chi connectivity index (χ1) is 16.7. The van der Waals surface area contributed by atoms with Gasteiger partial charge in [-0.15, -0.1) is 0 Å². The molecule has 2 atom stereocenters. The highest BCUT2D eigenvalue weighted by atomic mass is 16.6. The lowest BCUT2D eigenvalue weighted by molar-refractivity contribution is 0.0412. The first-order valence-electron chi connectivity index (χ1n) is 11.8. The number of nitrogens with zero attached hydrogens (tertiary/aromatic N) is 3. The summed E-state index contributed by atoms with van der Waals surface area (Å²) in [5.74, 6) is 0.308. The van der Waals surface area contributed by atoms with E-state index in [9.17, 15) is 24.9 Å². The van der Waals surface area contributed by atoms with Gasteiger partial charge in [-0.05, 0) is 65.3 Å². The van der Waals surface area contributed by atoms with E-state index in [0.29, 0.717) is 28.3 Å². The van der Waals surface area contributed by atoms with Crippen molar-refractivity contribution in [3.05, 3.63) is 47.7 Å². The normalized spacial score (nSPS) is 15.4. The number of aromatic nitrogens is 1. The van der Waals surface area contributed by atoms with Gasteiger partial charge in [-0.1, -0.05) is 12.1 Å². The minimum absolute atomic E-state index is 0.0448. The first kappa shape index (κ1) is 27.4. The summed E-state index contributed by atoms with van der Waals surface area (Å²) in [6, 6.07) is 8.21. The van der Waals surface area contributed by atoms with Crippen LogP contribution in [-0.2, 0) is 16.0 Å². The molecule has 1 aliphatic rings. The number of benzene rings is 1. The van der Waals surface area contributed by atoms with Crippen molar-refractivity contribution in [3.63, 3.8) is 0 Å². The van der Waals surface area contributed by atoms with Gasteiger partial charge >= 0.3 is 12.2 Å². The van der Waals surface area contributed by atoms with E-state index in [1.165, 1.54) is 9.80 Å². The summed E-state index contributed by atoms with van der Waals surface area (Å²) >= 11 is 0. The molecule has 1 aromatic carbocycles. The molecule has 0 saturated heterocycles. The van der Waals surface area contributed by atoms with Gasteiger partial charge < -0.3 is 24.8 Å². The molecule has 2 aromatic rings. The molecule has 1 aliphatic heterocycles. The van der Waals surface area contributed by atoms with Gasteiger partial charge in [-0.2, -0.15) is 0 Å². The molecule has 36 heavy (non-hydrogen) atoms. The number of carbonyl (C=O) groups is 2. The van der Waals surface area contributed by atoms with Crippen LogP contribution < -0.4 is 9.80 Å². The van der Waals surface area contributed by atoms with Crippen LogP contribution in [0.3, 0.4) is 0 Å². The number of hydrogen-bond acceptors (Lipinski definition) is 8. The zero-order valence-electron chi connectivity index (χ0n) is 21.6. The zero-order chi connectivity index (χ0) is 26.8. The van der Waals surface area contributed by atoms with E-state index < -0.39 is 42.2 Å². The Balaban J connectivity index is 2.20. The standard InChI is InChI=1S/C26H35N3O7/c1-25(2,3)35-23(33)28-14-17-8-7-11-27-22(17)29(24(34)36-26(4,5)6)19-10-9-16(12-20(19)28)21(32)13-18(31)15-30/h7-12,18,21,30-32H,13-15H2,1-6H3. The number of aliphatic hydroxyl groups excluding tert-OH is 3. The topological polar surface area (TPSA) is 133 Å². The molecule has 3 rings (SSSR count). The fourth-order valence-electron chi connectivity index (χ4n) is 3.72. The SMILES string of the molecule is CC(C)(C)OC(=O)N1Cc2cccnc2N(C(=O)OC(C)(C)C)c2ccc(C(O)CC(O)CO)cc21. The molecule has 0 radical (unpaired) electrons. The largest absolute Gasteiger partial charge is 0.443 e. The van der Waals surface area contributed by atoms with Crippen molar-refractivity contribution in [1.82, 2.24) is 4.98 Å². The minimum Gasteiger partial charge on any atom is -0.443 e. The summed E-state index contributed by atoms with van der Waals surface area (Å²) in [7, 11) is 0. The van der Waals surface area contributed by atoms with Crippen molar-refractivity contribution < 1.29 is 34.4 Å². The van der Waals surface area contributed by atoms with Crippen LogP contribution in [0.1, 0.15) is 65.2 Å². The number of fused-ring (bicyclic) bond motifs is 2. The van der Waals surface area contributed by atoms with Gasteiger partial charge in [0, 0.05) is 18.2 Å². The third kappa shape index (κ3) is 6.51. The van der Waals surface area contributed by atoms with Gasteiger partial charge in [0.1, 0.15) is 17.0 Å². The molecule has 196 valence electrons. The Kier molecular flexibility index (Phi) is 7.92. The predicted molar refractivity (Wildman–Crippen MR) is 134 cm³/mol. The average Bonchev–Trinajstić information content (AvgIpc) is 2.90. The Labute approximate surface area is 211 Å². The van der Waals surface area contributed by atoms with Gasteiger partial charge in [0.25, 0.3) is 0 Å². The summed E-state index contributed by atoms with van der Waals surface area (Å²) in [5.41, 5.74) is 0.00416. The molecule has 3 N–H and O–H groups in total. The number of aliphatic hydroxyl groups is 3. The average molecular weight is 502 g/mol. The van der Waals surface area contributed by atoms with Crippen LogP contribution in [-0.4, -0.2) is 56.4 Å². The van der Waals surface area contributed by atoms with Gasteiger partial charge in [-0.3, -0.25) is 4.90 Å². The summed E-state index contributed by atoms with van der Waals surface area (Å²) in [4.78, 5) is 33.9. The highest BCUT2D eigenvalue weighted by molar-refractivity contribution is 6.04. The summed E-state index contributed by atoms with van der Waals surface area (Å²) in [5, 5.41) is 29.7. The monoisotopic (exact) mass is 501 g/mol. The van der Waals surface area contributed by atoms with Crippen LogP contribution in [0.2, 0.25) is 0 Å². The van der Waals surface area contributed by atoms with Crippen molar-refractivity contribution in [2.45, 2.75) is 77.9 Å². The summed E-state index contributed by atoms with van der Waals surface area (Å²) in [6.07, 6.45) is -2.14. The van der Waals surface area contributed by atoms with Crippen LogP contribution in [0.15, 0.2) is 36.5 Å². The summed E-state index contributed by atoms with van der Waals surface area (Å²) in [6.45, 7) is 10.1. The second-order valence-corrected chi connectivity index (χ2v) is 10.7.